The molecule has 1 aliphatic rings. The fourth-order valence-corrected chi connectivity index (χ4v) is 5.21. The molecular formula is C30H27Cl2NO6. The molecule has 0 bridgehead atoms. The van der Waals surface area contributed by atoms with Crippen LogP contribution in [-0.4, -0.2) is 29.3 Å². The van der Waals surface area contributed by atoms with Gasteiger partial charge in [-0.2, -0.15) is 0 Å². The van der Waals surface area contributed by atoms with Gasteiger partial charge in [0.05, 0.1) is 11.6 Å². The highest BCUT2D eigenvalue weighted by atomic mass is 35.5. The van der Waals surface area contributed by atoms with Gasteiger partial charge < -0.3 is 23.9 Å². The number of nitrogens with one attached hydrogen (secondary N) is 1. The topological polar surface area (TPSA) is 86.9 Å². The number of aromatic amines is 1. The van der Waals surface area contributed by atoms with Crippen LogP contribution in [0.1, 0.15) is 43.4 Å². The first-order valence-corrected chi connectivity index (χ1v) is 13.3. The number of ether oxygens (including phenoxy) is 4. The second-order valence-electron chi connectivity index (χ2n) is 9.67. The van der Waals surface area contributed by atoms with Gasteiger partial charge in [-0.05, 0) is 53.9 Å². The minimum Gasteiger partial charge on any atom is -0.490 e. The van der Waals surface area contributed by atoms with Crippen LogP contribution in [0.25, 0.3) is 10.9 Å². The molecule has 1 N–H and O–H groups in total. The Hall–Kier alpha value is -3.68. The van der Waals surface area contributed by atoms with E-state index in [2.05, 4.69) is 4.98 Å². The van der Waals surface area contributed by atoms with Crippen molar-refractivity contribution in [3.05, 3.63) is 93.6 Å². The number of aromatic nitrogens is 1. The van der Waals surface area contributed by atoms with E-state index >= 15 is 0 Å². The van der Waals surface area contributed by atoms with E-state index in [-0.39, 0.29) is 11.6 Å². The monoisotopic (exact) mass is 567 g/mol. The summed E-state index contributed by atoms with van der Waals surface area (Å²) >= 11 is 12.8. The molecule has 0 saturated carbocycles. The number of hydrogen-bond acceptors (Lipinski definition) is 6. The molecule has 1 fully saturated rings. The zero-order valence-corrected chi connectivity index (χ0v) is 23.1. The highest BCUT2D eigenvalue weighted by Crippen LogP contribution is 2.45. The molecular weight excluding hydrogens is 541 g/mol. The van der Waals surface area contributed by atoms with Crippen molar-refractivity contribution in [2.75, 3.05) is 6.61 Å². The molecule has 1 atom stereocenters. The third-order valence-electron chi connectivity index (χ3n) is 6.48. The normalized spacial score (nSPS) is 16.0. The maximum atomic E-state index is 13.3. The average molecular weight is 568 g/mol. The van der Waals surface area contributed by atoms with E-state index in [9.17, 15) is 9.59 Å². The lowest BCUT2D eigenvalue weighted by Gasteiger charge is -2.36. The summed E-state index contributed by atoms with van der Waals surface area (Å²) in [4.78, 5) is 29.8. The standard InChI is InChI=1S/C30H27Cl2NO6/c1-4-36-24-14-18(13-22(32)27(24)37-16-17-9-11-19(31)12-10-17)25(21-15-33-23-8-6-5-7-20(21)23)26-28(34)38-30(2,3)39-29(26)35/h5-15,25-26,33H,4,16H2,1-3H3/t25-/m0/s1. The highest BCUT2D eigenvalue weighted by molar-refractivity contribution is 6.32. The predicted octanol–water partition coefficient (Wildman–Crippen LogP) is 7.04. The molecule has 3 aromatic carbocycles. The van der Waals surface area contributed by atoms with E-state index < -0.39 is 29.6 Å². The zero-order valence-electron chi connectivity index (χ0n) is 21.6. The molecule has 39 heavy (non-hydrogen) atoms. The molecule has 4 aromatic rings. The van der Waals surface area contributed by atoms with Gasteiger partial charge >= 0.3 is 11.9 Å². The number of fused-ring (bicyclic) bond motifs is 1. The summed E-state index contributed by atoms with van der Waals surface area (Å²) in [7, 11) is 0. The van der Waals surface area contributed by atoms with E-state index in [4.69, 9.17) is 42.1 Å². The van der Waals surface area contributed by atoms with Gasteiger partial charge in [0.1, 0.15) is 6.61 Å². The number of rotatable bonds is 8. The maximum Gasteiger partial charge on any atom is 0.324 e. The van der Waals surface area contributed by atoms with Gasteiger partial charge in [-0.3, -0.25) is 9.59 Å². The van der Waals surface area contributed by atoms with Crippen molar-refractivity contribution in [3.63, 3.8) is 0 Å². The summed E-state index contributed by atoms with van der Waals surface area (Å²) < 4.78 is 23.0. The van der Waals surface area contributed by atoms with Gasteiger partial charge in [-0.15, -0.1) is 0 Å². The van der Waals surface area contributed by atoms with Crippen molar-refractivity contribution >= 4 is 46.0 Å². The number of halogens is 2. The van der Waals surface area contributed by atoms with Gasteiger partial charge in [0.25, 0.3) is 5.79 Å². The van der Waals surface area contributed by atoms with Gasteiger partial charge in [0.2, 0.25) is 0 Å². The number of hydrogen-bond donors (Lipinski definition) is 1. The SMILES string of the molecule is CCOc1cc([C@@H](c2c[nH]c3ccccc23)C2C(=O)OC(C)(C)OC2=O)cc(Cl)c1OCc1ccc(Cl)cc1. The summed E-state index contributed by atoms with van der Waals surface area (Å²) in [6.45, 7) is 5.47. The third kappa shape index (κ3) is 5.56. The minimum absolute atomic E-state index is 0.235. The van der Waals surface area contributed by atoms with Crippen molar-refractivity contribution in [1.29, 1.82) is 0 Å². The number of benzene rings is 3. The average Bonchev–Trinajstić information content (AvgIpc) is 3.30. The molecule has 1 aromatic heterocycles. The lowest BCUT2D eigenvalue weighted by atomic mass is 9.79. The van der Waals surface area contributed by atoms with Gasteiger partial charge in [0, 0.05) is 41.9 Å². The quantitative estimate of drug-likeness (QED) is 0.181. The molecule has 2 heterocycles. The summed E-state index contributed by atoms with van der Waals surface area (Å²) in [5, 5.41) is 1.75. The van der Waals surface area contributed by atoms with E-state index in [1.165, 1.54) is 13.8 Å². The maximum absolute atomic E-state index is 13.3. The number of para-hydroxylation sites is 1. The molecule has 202 valence electrons. The summed E-state index contributed by atoms with van der Waals surface area (Å²) in [6.07, 6.45) is 1.79. The van der Waals surface area contributed by atoms with E-state index in [1.54, 1.807) is 30.5 Å². The molecule has 9 heteroatoms. The Kier molecular flexibility index (Phi) is 7.47. The fourth-order valence-electron chi connectivity index (χ4n) is 4.81. The van der Waals surface area contributed by atoms with Crippen LogP contribution >= 0.6 is 23.2 Å². The summed E-state index contributed by atoms with van der Waals surface area (Å²) in [5.41, 5.74) is 3.05. The second kappa shape index (κ2) is 10.8. The molecule has 0 amide bonds. The lowest BCUT2D eigenvalue weighted by Crippen LogP contribution is -2.48. The summed E-state index contributed by atoms with van der Waals surface area (Å²) in [6, 6.07) is 18.4. The highest BCUT2D eigenvalue weighted by Gasteiger charge is 2.49. The zero-order chi connectivity index (χ0) is 27.7. The first-order chi connectivity index (χ1) is 18.7. The van der Waals surface area contributed by atoms with E-state index in [0.717, 1.165) is 22.0 Å². The third-order valence-corrected chi connectivity index (χ3v) is 7.01. The molecule has 1 saturated heterocycles. The van der Waals surface area contributed by atoms with Crippen LogP contribution in [-0.2, 0) is 25.7 Å². The number of cyclic esters (lactones) is 2. The van der Waals surface area contributed by atoms with Crippen LogP contribution in [0.2, 0.25) is 10.0 Å². The molecule has 5 rings (SSSR count). The van der Waals surface area contributed by atoms with Crippen molar-refractivity contribution < 1.29 is 28.5 Å². The smallest absolute Gasteiger partial charge is 0.324 e. The van der Waals surface area contributed by atoms with Crippen LogP contribution in [0.15, 0.2) is 66.9 Å². The van der Waals surface area contributed by atoms with Gasteiger partial charge in [-0.1, -0.05) is 53.5 Å². The summed E-state index contributed by atoms with van der Waals surface area (Å²) in [5.74, 6) is -4.01. The van der Waals surface area contributed by atoms with Crippen LogP contribution in [0.3, 0.4) is 0 Å². The minimum atomic E-state index is -1.36. The first-order valence-electron chi connectivity index (χ1n) is 12.5. The Bertz CT molecular complexity index is 1510. The number of H-pyrrole nitrogens is 1. The predicted molar refractivity (Wildman–Crippen MR) is 148 cm³/mol. The number of carbonyl (C=O) groups excluding carboxylic acids is 2. The van der Waals surface area contributed by atoms with Crippen LogP contribution < -0.4 is 9.47 Å². The van der Waals surface area contributed by atoms with E-state index in [0.29, 0.717) is 28.7 Å². The Morgan fingerprint density at radius 1 is 0.974 bits per heavy atom. The second-order valence-corrected chi connectivity index (χ2v) is 10.5. The van der Waals surface area contributed by atoms with Crippen molar-refractivity contribution in [2.24, 2.45) is 5.92 Å². The molecule has 1 aliphatic heterocycles. The van der Waals surface area contributed by atoms with Crippen LogP contribution in [0, 0.1) is 5.92 Å². The molecule has 0 radical (unpaired) electrons. The van der Waals surface area contributed by atoms with Crippen molar-refractivity contribution in [1.82, 2.24) is 4.98 Å². The Labute approximate surface area is 235 Å². The largest absolute Gasteiger partial charge is 0.490 e. The van der Waals surface area contributed by atoms with Gasteiger partial charge in [0.15, 0.2) is 17.4 Å². The van der Waals surface area contributed by atoms with Crippen molar-refractivity contribution in [3.8, 4) is 11.5 Å². The van der Waals surface area contributed by atoms with Crippen LogP contribution in [0.4, 0.5) is 0 Å². The Morgan fingerprint density at radius 2 is 1.67 bits per heavy atom. The van der Waals surface area contributed by atoms with Gasteiger partial charge in [-0.25, -0.2) is 0 Å². The first kappa shape index (κ1) is 26.9. The molecule has 0 spiro atoms. The van der Waals surface area contributed by atoms with E-state index in [1.807, 2.05) is 43.3 Å². The Balaban J connectivity index is 1.60. The molecule has 0 aliphatic carbocycles. The van der Waals surface area contributed by atoms with Crippen molar-refractivity contribution in [2.45, 2.75) is 39.1 Å². The van der Waals surface area contributed by atoms with Crippen LogP contribution in [0.5, 0.6) is 11.5 Å². The molecule has 7 nitrogen and oxygen atoms in total. The molecule has 0 unspecified atom stereocenters. The number of esters is 2. The Morgan fingerprint density at radius 3 is 2.36 bits per heavy atom. The fraction of sp³-hybridized carbons (Fsp3) is 0.267. The lowest BCUT2D eigenvalue weighted by molar-refractivity contribution is -0.240. The number of carbonyl (C=O) groups is 2.